The Morgan fingerprint density at radius 3 is 2.58 bits per heavy atom. The fourth-order valence-corrected chi connectivity index (χ4v) is 2.28. The van der Waals surface area contributed by atoms with E-state index in [0.29, 0.717) is 16.5 Å². The molecule has 0 saturated heterocycles. The Morgan fingerprint density at radius 1 is 1.16 bits per heavy atom. The molecule has 2 nitrogen and oxygen atoms in total. The molecule has 3 N–H and O–H groups in total. The Labute approximate surface area is 118 Å². The van der Waals surface area contributed by atoms with Crippen LogP contribution in [-0.2, 0) is 6.42 Å². The first kappa shape index (κ1) is 14.1. The van der Waals surface area contributed by atoms with E-state index in [1.54, 1.807) is 24.3 Å². The summed E-state index contributed by atoms with van der Waals surface area (Å²) in [5.41, 5.74) is 3.78. The van der Waals surface area contributed by atoms with Gasteiger partial charge >= 0.3 is 0 Å². The lowest BCUT2D eigenvalue weighted by Crippen LogP contribution is -2.30. The molecular formula is C14H13BrF2N2. The van der Waals surface area contributed by atoms with Gasteiger partial charge in [-0.1, -0.05) is 34.1 Å². The zero-order valence-electron chi connectivity index (χ0n) is 10.0. The molecule has 19 heavy (non-hydrogen) atoms. The Hall–Kier alpha value is -1.30. The monoisotopic (exact) mass is 326 g/mol. The topological polar surface area (TPSA) is 38.0 Å². The standard InChI is InChI=1S/C14H13BrF2N2/c15-10-4-5-12(13(17)8-10)14(19-18)7-9-2-1-3-11(16)6-9/h1-6,8,14,19H,7,18H2. The molecule has 2 aromatic carbocycles. The van der Waals surface area contributed by atoms with Crippen molar-refractivity contribution in [2.75, 3.05) is 0 Å². The summed E-state index contributed by atoms with van der Waals surface area (Å²) >= 11 is 3.20. The summed E-state index contributed by atoms with van der Waals surface area (Å²) < 4.78 is 27.7. The van der Waals surface area contributed by atoms with Gasteiger partial charge in [0.15, 0.2) is 0 Å². The average molecular weight is 327 g/mol. The van der Waals surface area contributed by atoms with E-state index in [0.717, 1.165) is 5.56 Å². The minimum Gasteiger partial charge on any atom is -0.271 e. The van der Waals surface area contributed by atoms with Crippen LogP contribution in [0.2, 0.25) is 0 Å². The smallest absolute Gasteiger partial charge is 0.129 e. The summed E-state index contributed by atoms with van der Waals surface area (Å²) in [6, 6.07) is 10.6. The summed E-state index contributed by atoms with van der Waals surface area (Å²) in [7, 11) is 0. The summed E-state index contributed by atoms with van der Waals surface area (Å²) in [5, 5.41) is 0. The quantitative estimate of drug-likeness (QED) is 0.667. The fraction of sp³-hybridized carbons (Fsp3) is 0.143. The predicted molar refractivity (Wildman–Crippen MR) is 74.3 cm³/mol. The van der Waals surface area contributed by atoms with Crippen molar-refractivity contribution >= 4 is 15.9 Å². The maximum atomic E-state index is 13.9. The normalized spacial score (nSPS) is 12.4. The third kappa shape index (κ3) is 3.59. The van der Waals surface area contributed by atoms with E-state index >= 15 is 0 Å². The molecule has 0 aliphatic carbocycles. The molecule has 0 aromatic heterocycles. The van der Waals surface area contributed by atoms with Crippen LogP contribution < -0.4 is 11.3 Å². The average Bonchev–Trinajstić information content (AvgIpc) is 2.37. The van der Waals surface area contributed by atoms with Gasteiger partial charge in [-0.05, 0) is 36.2 Å². The lowest BCUT2D eigenvalue weighted by molar-refractivity contribution is 0.509. The second-order valence-corrected chi connectivity index (χ2v) is 5.13. The van der Waals surface area contributed by atoms with Crippen LogP contribution in [0.5, 0.6) is 0 Å². The molecule has 0 amide bonds. The lowest BCUT2D eigenvalue weighted by Gasteiger charge is -2.17. The Balaban J connectivity index is 2.25. The van der Waals surface area contributed by atoms with E-state index in [4.69, 9.17) is 5.84 Å². The molecule has 0 bridgehead atoms. The van der Waals surface area contributed by atoms with Gasteiger partial charge in [0, 0.05) is 10.0 Å². The van der Waals surface area contributed by atoms with Gasteiger partial charge in [-0.2, -0.15) is 0 Å². The first-order valence-electron chi connectivity index (χ1n) is 5.75. The number of rotatable bonds is 4. The summed E-state index contributed by atoms with van der Waals surface area (Å²) in [4.78, 5) is 0. The molecule has 2 rings (SSSR count). The van der Waals surface area contributed by atoms with Crippen molar-refractivity contribution < 1.29 is 8.78 Å². The molecule has 0 saturated carbocycles. The fourth-order valence-electron chi connectivity index (χ4n) is 1.94. The van der Waals surface area contributed by atoms with Crippen molar-refractivity contribution in [2.24, 2.45) is 5.84 Å². The van der Waals surface area contributed by atoms with Gasteiger partial charge in [0.25, 0.3) is 0 Å². The van der Waals surface area contributed by atoms with Crippen LogP contribution in [0.1, 0.15) is 17.2 Å². The lowest BCUT2D eigenvalue weighted by atomic mass is 9.99. The number of nitrogens with two attached hydrogens (primary N) is 1. The highest BCUT2D eigenvalue weighted by Crippen LogP contribution is 2.23. The third-order valence-electron chi connectivity index (χ3n) is 2.87. The molecule has 1 atom stereocenters. The van der Waals surface area contributed by atoms with E-state index in [2.05, 4.69) is 21.4 Å². The minimum absolute atomic E-state index is 0.315. The van der Waals surface area contributed by atoms with Crippen molar-refractivity contribution in [1.29, 1.82) is 0 Å². The van der Waals surface area contributed by atoms with Gasteiger partial charge in [-0.25, -0.2) is 8.78 Å². The van der Waals surface area contributed by atoms with Gasteiger partial charge in [-0.15, -0.1) is 0 Å². The van der Waals surface area contributed by atoms with Gasteiger partial charge in [0.2, 0.25) is 0 Å². The van der Waals surface area contributed by atoms with Gasteiger partial charge in [0.1, 0.15) is 11.6 Å². The van der Waals surface area contributed by atoms with Crippen LogP contribution in [-0.4, -0.2) is 0 Å². The molecule has 0 aliphatic rings. The van der Waals surface area contributed by atoms with Crippen molar-refractivity contribution in [3.8, 4) is 0 Å². The van der Waals surface area contributed by atoms with Gasteiger partial charge < -0.3 is 0 Å². The molecule has 5 heteroatoms. The van der Waals surface area contributed by atoms with Gasteiger partial charge in [-0.3, -0.25) is 11.3 Å². The summed E-state index contributed by atoms with van der Waals surface area (Å²) in [6.45, 7) is 0. The van der Waals surface area contributed by atoms with Crippen LogP contribution in [0, 0.1) is 11.6 Å². The van der Waals surface area contributed by atoms with E-state index in [-0.39, 0.29) is 11.6 Å². The second kappa shape index (κ2) is 6.23. The first-order valence-corrected chi connectivity index (χ1v) is 6.55. The highest BCUT2D eigenvalue weighted by Gasteiger charge is 2.15. The minimum atomic E-state index is -0.408. The Kier molecular flexibility index (Phi) is 4.63. The van der Waals surface area contributed by atoms with E-state index in [1.807, 2.05) is 0 Å². The van der Waals surface area contributed by atoms with Crippen LogP contribution >= 0.6 is 15.9 Å². The summed E-state index contributed by atoms with van der Waals surface area (Å²) in [5.74, 6) is 4.81. The Bertz CT molecular complexity index is 575. The molecule has 100 valence electrons. The molecule has 0 radical (unpaired) electrons. The number of hydrogen-bond donors (Lipinski definition) is 2. The zero-order valence-corrected chi connectivity index (χ0v) is 11.6. The maximum Gasteiger partial charge on any atom is 0.129 e. The molecule has 0 aliphatic heterocycles. The number of halogens is 3. The second-order valence-electron chi connectivity index (χ2n) is 4.22. The zero-order chi connectivity index (χ0) is 13.8. The largest absolute Gasteiger partial charge is 0.271 e. The van der Waals surface area contributed by atoms with Crippen molar-refractivity contribution in [3.05, 3.63) is 69.7 Å². The molecule has 0 heterocycles. The third-order valence-corrected chi connectivity index (χ3v) is 3.36. The molecule has 1 unspecified atom stereocenters. The van der Waals surface area contributed by atoms with E-state index in [9.17, 15) is 8.78 Å². The van der Waals surface area contributed by atoms with Crippen LogP contribution in [0.4, 0.5) is 8.78 Å². The van der Waals surface area contributed by atoms with E-state index < -0.39 is 6.04 Å². The SMILES string of the molecule is NNC(Cc1cccc(F)c1)c1ccc(Br)cc1F. The predicted octanol–water partition coefficient (Wildman–Crippen LogP) is 3.47. The van der Waals surface area contributed by atoms with E-state index in [1.165, 1.54) is 18.2 Å². The van der Waals surface area contributed by atoms with Gasteiger partial charge in [0.05, 0.1) is 6.04 Å². The summed E-state index contributed by atoms with van der Waals surface area (Å²) in [6.07, 6.45) is 0.410. The number of hydrogen-bond acceptors (Lipinski definition) is 2. The number of benzene rings is 2. The van der Waals surface area contributed by atoms with Crippen molar-refractivity contribution in [1.82, 2.24) is 5.43 Å². The molecule has 2 aromatic rings. The first-order chi connectivity index (χ1) is 9.10. The molecular weight excluding hydrogens is 314 g/mol. The Morgan fingerprint density at radius 2 is 1.95 bits per heavy atom. The number of nitrogens with one attached hydrogen (secondary N) is 1. The van der Waals surface area contributed by atoms with Crippen LogP contribution in [0.15, 0.2) is 46.9 Å². The van der Waals surface area contributed by atoms with Crippen molar-refractivity contribution in [2.45, 2.75) is 12.5 Å². The number of hydrazine groups is 1. The maximum absolute atomic E-state index is 13.9. The van der Waals surface area contributed by atoms with Crippen LogP contribution in [0.25, 0.3) is 0 Å². The highest BCUT2D eigenvalue weighted by molar-refractivity contribution is 9.10. The van der Waals surface area contributed by atoms with Crippen molar-refractivity contribution in [3.63, 3.8) is 0 Å². The highest BCUT2D eigenvalue weighted by atomic mass is 79.9. The molecule has 0 fully saturated rings. The molecule has 0 spiro atoms. The van der Waals surface area contributed by atoms with Crippen LogP contribution in [0.3, 0.4) is 0 Å².